The Morgan fingerprint density at radius 3 is 2.27 bits per heavy atom. The minimum Gasteiger partial charge on any atom is -0.341 e. The summed E-state index contributed by atoms with van der Waals surface area (Å²) in [5.74, 6) is 0.240. The second kappa shape index (κ2) is 9.89. The van der Waals surface area contributed by atoms with E-state index in [2.05, 4.69) is 4.72 Å². The van der Waals surface area contributed by atoms with Crippen molar-refractivity contribution in [3.8, 4) is 0 Å². The molecule has 30 heavy (non-hydrogen) atoms. The first-order chi connectivity index (χ1) is 14.2. The van der Waals surface area contributed by atoms with Crippen LogP contribution in [0.15, 0.2) is 34.1 Å². The highest BCUT2D eigenvalue weighted by Gasteiger charge is 2.34. The third-order valence-electron chi connectivity index (χ3n) is 6.59. The van der Waals surface area contributed by atoms with Gasteiger partial charge in [-0.1, -0.05) is 6.92 Å². The van der Waals surface area contributed by atoms with Crippen LogP contribution in [-0.4, -0.2) is 54.4 Å². The quantitative estimate of drug-likeness (QED) is 0.623. The van der Waals surface area contributed by atoms with E-state index in [4.69, 9.17) is 5.73 Å². The van der Waals surface area contributed by atoms with Crippen molar-refractivity contribution in [3.63, 3.8) is 0 Å². The molecule has 0 spiro atoms. The number of nitrogens with zero attached hydrogens (tertiary/aromatic N) is 1. The molecule has 0 heterocycles. The first-order valence-electron chi connectivity index (χ1n) is 10.8. The van der Waals surface area contributed by atoms with Gasteiger partial charge in [0.05, 0.1) is 21.6 Å². The van der Waals surface area contributed by atoms with Gasteiger partial charge in [-0.25, -0.2) is 17.3 Å². The lowest BCUT2D eigenvalue weighted by Gasteiger charge is -2.38. The highest BCUT2D eigenvalue weighted by molar-refractivity contribution is 7.91. The number of carbonyl (C=O) groups is 1. The van der Waals surface area contributed by atoms with Crippen LogP contribution in [0.2, 0.25) is 0 Å². The number of nitrogens with two attached hydrogens (primary N) is 1. The van der Waals surface area contributed by atoms with Gasteiger partial charge in [-0.3, -0.25) is 4.79 Å². The Labute approximate surface area is 182 Å². The monoisotopic (exact) mass is 455 g/mol. The molecule has 0 radical (unpaired) electrons. The summed E-state index contributed by atoms with van der Waals surface area (Å²) < 4.78 is 39.6. The Morgan fingerprint density at radius 2 is 1.77 bits per heavy atom. The molecule has 1 aromatic carbocycles. The molecule has 0 aromatic heterocycles. The fourth-order valence-electron chi connectivity index (χ4n) is 4.14. The minimum atomic E-state index is -3.26. The standard InChI is InChI=1S/C21H33N3O4S2/c1-3-30(27,28)19-13-11-18(12-14-19)29(26)23-16-9-7-15(8-10-16)20(22)21(25)24(2)17-5-4-6-17/h11-17,20,23H,3-10,22H2,1-2H3/t15?,16?,20-,29?/m0/s1. The van der Waals surface area contributed by atoms with Crippen molar-refractivity contribution in [1.29, 1.82) is 0 Å². The normalized spacial score (nSPS) is 24.6. The number of nitrogens with one attached hydrogen (secondary N) is 1. The van der Waals surface area contributed by atoms with E-state index >= 15 is 0 Å². The van der Waals surface area contributed by atoms with Crippen LogP contribution in [-0.2, 0) is 25.6 Å². The maximum absolute atomic E-state index is 12.6. The Bertz CT molecular complexity index is 861. The predicted molar refractivity (Wildman–Crippen MR) is 118 cm³/mol. The van der Waals surface area contributed by atoms with E-state index < -0.39 is 26.9 Å². The number of rotatable bonds is 8. The minimum absolute atomic E-state index is 0.0397. The lowest BCUT2D eigenvalue weighted by atomic mass is 9.81. The maximum atomic E-state index is 12.6. The summed E-state index contributed by atoms with van der Waals surface area (Å²) in [6.07, 6.45) is 6.61. The fourth-order valence-corrected chi connectivity index (χ4v) is 6.09. The van der Waals surface area contributed by atoms with Gasteiger partial charge in [0.25, 0.3) is 0 Å². The Hall–Kier alpha value is -1.29. The average molecular weight is 456 g/mol. The largest absolute Gasteiger partial charge is 0.341 e. The number of benzene rings is 1. The Kier molecular flexibility index (Phi) is 7.71. The Balaban J connectivity index is 1.49. The molecular formula is C21H33N3O4S2. The van der Waals surface area contributed by atoms with Gasteiger partial charge in [-0.2, -0.15) is 0 Å². The van der Waals surface area contributed by atoms with Gasteiger partial charge in [-0.05, 0) is 75.1 Å². The van der Waals surface area contributed by atoms with Crippen LogP contribution < -0.4 is 10.5 Å². The highest BCUT2D eigenvalue weighted by Crippen LogP contribution is 2.30. The van der Waals surface area contributed by atoms with Crippen LogP contribution in [0.25, 0.3) is 0 Å². The SMILES string of the molecule is CCS(=O)(=O)c1ccc(S(=O)NC2CCC([C@H](N)C(=O)N(C)C3CCC3)CC2)cc1. The van der Waals surface area contributed by atoms with Crippen molar-refractivity contribution in [2.75, 3.05) is 12.8 Å². The zero-order valence-electron chi connectivity index (χ0n) is 17.7. The van der Waals surface area contributed by atoms with Crippen LogP contribution in [0.4, 0.5) is 0 Å². The van der Waals surface area contributed by atoms with E-state index in [1.54, 1.807) is 19.1 Å². The Morgan fingerprint density at radius 1 is 1.17 bits per heavy atom. The molecule has 0 bridgehead atoms. The molecule has 2 aliphatic carbocycles. The molecule has 2 saturated carbocycles. The average Bonchev–Trinajstić information content (AvgIpc) is 2.72. The second-order valence-corrected chi connectivity index (χ2v) is 12.0. The van der Waals surface area contributed by atoms with Gasteiger partial charge in [0.1, 0.15) is 11.0 Å². The lowest BCUT2D eigenvalue weighted by molar-refractivity contribution is -0.136. The molecule has 2 fully saturated rings. The zero-order chi connectivity index (χ0) is 21.9. The summed E-state index contributed by atoms with van der Waals surface area (Å²) in [5.41, 5.74) is 6.29. The summed E-state index contributed by atoms with van der Waals surface area (Å²) >= 11 is 0. The van der Waals surface area contributed by atoms with E-state index in [0.29, 0.717) is 10.9 Å². The van der Waals surface area contributed by atoms with Gasteiger partial charge in [0, 0.05) is 19.1 Å². The number of hydrogen-bond acceptors (Lipinski definition) is 5. The van der Waals surface area contributed by atoms with Crippen LogP contribution in [0.1, 0.15) is 51.9 Å². The maximum Gasteiger partial charge on any atom is 0.239 e. The van der Waals surface area contributed by atoms with E-state index in [1.165, 1.54) is 18.6 Å². The summed E-state index contributed by atoms with van der Waals surface area (Å²) in [6, 6.07) is 6.19. The number of hydrogen-bond donors (Lipinski definition) is 2. The van der Waals surface area contributed by atoms with Crippen molar-refractivity contribution in [1.82, 2.24) is 9.62 Å². The van der Waals surface area contributed by atoms with Crippen molar-refractivity contribution >= 4 is 26.7 Å². The van der Waals surface area contributed by atoms with E-state index in [1.807, 2.05) is 11.9 Å². The fraction of sp³-hybridized carbons (Fsp3) is 0.667. The third-order valence-corrected chi connectivity index (χ3v) is 9.58. The van der Waals surface area contributed by atoms with Crippen molar-refractivity contribution < 1.29 is 17.4 Å². The van der Waals surface area contributed by atoms with Crippen LogP contribution in [0.3, 0.4) is 0 Å². The van der Waals surface area contributed by atoms with Crippen molar-refractivity contribution in [2.45, 2.75) is 79.8 Å². The number of amides is 1. The van der Waals surface area contributed by atoms with Crippen molar-refractivity contribution in [3.05, 3.63) is 24.3 Å². The summed E-state index contributed by atoms with van der Waals surface area (Å²) in [6.45, 7) is 1.60. The molecule has 0 saturated heterocycles. The third kappa shape index (κ3) is 5.30. The second-order valence-electron chi connectivity index (χ2n) is 8.43. The van der Waals surface area contributed by atoms with Crippen LogP contribution in [0.5, 0.6) is 0 Å². The lowest BCUT2D eigenvalue weighted by Crippen LogP contribution is -2.52. The van der Waals surface area contributed by atoms with Crippen LogP contribution >= 0.6 is 0 Å². The first kappa shape index (κ1) is 23.4. The van der Waals surface area contributed by atoms with Gasteiger partial charge in [0.15, 0.2) is 9.84 Å². The molecule has 2 aliphatic rings. The number of sulfone groups is 1. The summed E-state index contributed by atoms with van der Waals surface area (Å²) in [5, 5.41) is 0. The highest BCUT2D eigenvalue weighted by atomic mass is 32.2. The molecule has 2 atom stereocenters. The van der Waals surface area contributed by atoms with E-state index in [0.717, 1.165) is 38.5 Å². The van der Waals surface area contributed by atoms with Gasteiger partial charge in [-0.15, -0.1) is 0 Å². The topological polar surface area (TPSA) is 110 Å². The molecule has 7 nitrogen and oxygen atoms in total. The summed E-state index contributed by atoms with van der Waals surface area (Å²) in [4.78, 5) is 15.3. The van der Waals surface area contributed by atoms with Crippen LogP contribution in [0, 0.1) is 5.92 Å². The number of likely N-dealkylation sites (N-methyl/N-ethyl adjacent to an activating group) is 1. The summed E-state index contributed by atoms with van der Waals surface area (Å²) in [7, 11) is -2.81. The molecule has 3 N–H and O–H groups in total. The molecule has 0 aliphatic heterocycles. The predicted octanol–water partition coefficient (Wildman–Crippen LogP) is 1.99. The molecule has 3 rings (SSSR count). The smallest absolute Gasteiger partial charge is 0.239 e. The molecule has 1 amide bonds. The molecule has 168 valence electrons. The zero-order valence-corrected chi connectivity index (χ0v) is 19.4. The van der Waals surface area contributed by atoms with E-state index in [-0.39, 0.29) is 28.5 Å². The van der Waals surface area contributed by atoms with Gasteiger partial charge < -0.3 is 10.6 Å². The van der Waals surface area contributed by atoms with Crippen molar-refractivity contribution in [2.24, 2.45) is 11.7 Å². The molecular weight excluding hydrogens is 422 g/mol. The molecule has 1 aromatic rings. The van der Waals surface area contributed by atoms with E-state index in [9.17, 15) is 17.4 Å². The number of carbonyl (C=O) groups excluding carboxylic acids is 1. The van der Waals surface area contributed by atoms with Gasteiger partial charge >= 0.3 is 0 Å². The first-order valence-corrected chi connectivity index (χ1v) is 13.6. The van der Waals surface area contributed by atoms with Gasteiger partial charge in [0.2, 0.25) is 5.91 Å². The molecule has 9 heteroatoms. The molecule has 1 unspecified atom stereocenters.